The van der Waals surface area contributed by atoms with Crippen molar-refractivity contribution in [3.8, 4) is 0 Å². The van der Waals surface area contributed by atoms with Crippen molar-refractivity contribution in [3.63, 3.8) is 0 Å². The van der Waals surface area contributed by atoms with Crippen LogP contribution in [0.25, 0.3) is 0 Å². The second kappa shape index (κ2) is 49.2. The second-order valence-corrected chi connectivity index (χ2v) is 20.2. The van der Waals surface area contributed by atoms with Gasteiger partial charge in [-0.05, 0) is 70.6 Å². The van der Waals surface area contributed by atoms with E-state index in [-0.39, 0.29) is 19.6 Å². The summed E-state index contributed by atoms with van der Waals surface area (Å²) < 4.78 is 59.3. The largest absolute Gasteiger partial charge is 0.457 e. The van der Waals surface area contributed by atoms with Crippen molar-refractivity contribution < 1.29 is 56.2 Å². The van der Waals surface area contributed by atoms with Crippen LogP contribution in [0.5, 0.6) is 0 Å². The normalized spacial score (nSPS) is 19.6. The van der Waals surface area contributed by atoms with Gasteiger partial charge in [-0.15, -0.1) is 0 Å². The molecule has 1 saturated heterocycles. The number of esters is 1. The summed E-state index contributed by atoms with van der Waals surface area (Å²) in [6, 6.07) is 0. The van der Waals surface area contributed by atoms with E-state index in [2.05, 4.69) is 103 Å². The molecule has 1 rings (SSSR count). The van der Waals surface area contributed by atoms with Gasteiger partial charge in [0.25, 0.3) is 0 Å². The number of allylic oxidation sites excluding steroid dienone is 14. The number of carbonyl (C=O) groups excluding carboxylic acids is 1. The minimum atomic E-state index is -5.08. The van der Waals surface area contributed by atoms with Crippen molar-refractivity contribution in [2.75, 3.05) is 26.4 Å². The molecule has 6 atom stereocenters. The van der Waals surface area contributed by atoms with Gasteiger partial charge >= 0.3 is 16.4 Å². The zero-order valence-electron chi connectivity index (χ0n) is 45.0. The molecule has 0 bridgehead atoms. The average molecular weight is 1040 g/mol. The number of hydrogen-bond acceptors (Lipinski definition) is 11. The fourth-order valence-electron chi connectivity index (χ4n) is 8.30. The van der Waals surface area contributed by atoms with Crippen LogP contribution in [0, 0.1) is 0 Å². The Morgan fingerprint density at radius 3 is 1.38 bits per heavy atom. The van der Waals surface area contributed by atoms with Gasteiger partial charge in [-0.2, -0.15) is 8.42 Å². The second-order valence-electron chi connectivity index (χ2n) is 19.2. The summed E-state index contributed by atoms with van der Waals surface area (Å²) >= 11 is 0. The summed E-state index contributed by atoms with van der Waals surface area (Å²) in [6.07, 6.45) is 57.7. The molecule has 0 amide bonds. The lowest BCUT2D eigenvalue weighted by atomic mass is 9.99. The SMILES string of the molecule is CC/C=C\C/C=C\C/C=C\C/C=C\C/C=C\C/C=C\C/C=C\CCCCOCC(COC1OC(CO)C(O)C(OS(=O)(=O)O)C1O)OC(=O)CCCCCCCCCCCCCCCCCCCCCCC. The molecule has 0 radical (unpaired) electrons. The maximum absolute atomic E-state index is 13.0. The Balaban J connectivity index is 2.36. The van der Waals surface area contributed by atoms with Crippen LogP contribution in [-0.4, -0.2) is 97.5 Å². The molecular formula is C59H102O12S. The molecule has 13 heteroatoms. The van der Waals surface area contributed by atoms with Gasteiger partial charge in [0, 0.05) is 13.0 Å². The van der Waals surface area contributed by atoms with Crippen molar-refractivity contribution in [2.24, 2.45) is 0 Å². The van der Waals surface area contributed by atoms with Gasteiger partial charge in [-0.25, -0.2) is 4.18 Å². The standard InChI is InChI=1S/C59H102O12S/c1-3-5-7-9-11-13-15-17-19-21-23-25-26-27-29-31-33-35-37-39-41-43-45-47-49-67-51-53(52-68-59-57(63)58(71-72(64,65)66)56(62)54(50-60)70-59)69-55(61)48-46-44-42-40-38-36-34-32-30-28-24-22-20-18-16-14-12-10-8-6-4-2/h5,7,11,13,17,19,23,25,27,29,33,35,39,41,53-54,56-60,62-63H,3-4,6,8-10,12,14-16,18,20-22,24,26,28,30-32,34,36-38,40,42-52H2,1-2H3,(H,64,65,66)/b7-5-,13-11-,19-17-,25-23-,29-27-,35-33-,41-39-. The van der Waals surface area contributed by atoms with Crippen molar-refractivity contribution in [1.29, 1.82) is 0 Å². The van der Waals surface area contributed by atoms with E-state index in [0.29, 0.717) is 13.0 Å². The number of aliphatic hydroxyl groups is 3. The number of rotatable bonds is 49. The lowest BCUT2D eigenvalue weighted by Gasteiger charge is -2.41. The van der Waals surface area contributed by atoms with E-state index in [1.165, 1.54) is 109 Å². The third-order valence-electron chi connectivity index (χ3n) is 12.5. The third-order valence-corrected chi connectivity index (χ3v) is 13.0. The van der Waals surface area contributed by atoms with Crippen LogP contribution in [-0.2, 0) is 38.3 Å². The molecule has 4 N–H and O–H groups in total. The Hall–Kier alpha value is -2.72. The van der Waals surface area contributed by atoms with Crippen LogP contribution in [0.1, 0.15) is 219 Å². The zero-order chi connectivity index (χ0) is 52.4. The number of ether oxygens (including phenoxy) is 4. The molecular weight excluding hydrogens is 933 g/mol. The number of aliphatic hydroxyl groups excluding tert-OH is 3. The molecule has 1 fully saturated rings. The molecule has 72 heavy (non-hydrogen) atoms. The average Bonchev–Trinajstić information content (AvgIpc) is 3.36. The van der Waals surface area contributed by atoms with E-state index in [4.69, 9.17) is 18.9 Å². The van der Waals surface area contributed by atoms with Crippen LogP contribution in [0.4, 0.5) is 0 Å². The summed E-state index contributed by atoms with van der Waals surface area (Å²) in [4.78, 5) is 13.0. The zero-order valence-corrected chi connectivity index (χ0v) is 45.8. The van der Waals surface area contributed by atoms with E-state index in [0.717, 1.165) is 83.5 Å². The summed E-state index contributed by atoms with van der Waals surface area (Å²) in [5, 5.41) is 30.8. The van der Waals surface area contributed by atoms with E-state index in [1.54, 1.807) is 0 Å². The van der Waals surface area contributed by atoms with Crippen LogP contribution in [0.3, 0.4) is 0 Å². The van der Waals surface area contributed by atoms with Gasteiger partial charge in [0.2, 0.25) is 0 Å². The van der Waals surface area contributed by atoms with E-state index < -0.39 is 59.8 Å². The Labute approximate surface area is 438 Å². The Kier molecular flexibility index (Phi) is 46.0. The maximum Gasteiger partial charge on any atom is 0.397 e. The van der Waals surface area contributed by atoms with Crippen molar-refractivity contribution >= 4 is 16.4 Å². The molecule has 0 saturated carbocycles. The highest BCUT2D eigenvalue weighted by atomic mass is 32.3. The highest BCUT2D eigenvalue weighted by Gasteiger charge is 2.48. The molecule has 1 aliphatic rings. The fourth-order valence-corrected chi connectivity index (χ4v) is 8.81. The minimum Gasteiger partial charge on any atom is -0.457 e. The quantitative estimate of drug-likeness (QED) is 0.0196. The fraction of sp³-hybridized carbons (Fsp3) is 0.746. The van der Waals surface area contributed by atoms with Gasteiger partial charge in [-0.3, -0.25) is 9.35 Å². The van der Waals surface area contributed by atoms with Gasteiger partial charge in [0.05, 0.1) is 19.8 Å². The summed E-state index contributed by atoms with van der Waals surface area (Å²) in [5.74, 6) is -0.414. The molecule has 0 spiro atoms. The van der Waals surface area contributed by atoms with Crippen LogP contribution in [0.2, 0.25) is 0 Å². The highest BCUT2D eigenvalue weighted by Crippen LogP contribution is 2.26. The molecule has 6 unspecified atom stereocenters. The van der Waals surface area contributed by atoms with E-state index in [9.17, 15) is 33.1 Å². The lowest BCUT2D eigenvalue weighted by Crippen LogP contribution is -2.60. The van der Waals surface area contributed by atoms with E-state index >= 15 is 0 Å². The topological polar surface area (TPSA) is 178 Å². The Morgan fingerprint density at radius 1 is 0.542 bits per heavy atom. The first-order valence-corrected chi connectivity index (χ1v) is 29.7. The molecule has 12 nitrogen and oxygen atoms in total. The minimum absolute atomic E-state index is 0.00336. The summed E-state index contributed by atoms with van der Waals surface area (Å²) in [6.45, 7) is 3.79. The molecule has 0 aromatic rings. The molecule has 0 aromatic carbocycles. The van der Waals surface area contributed by atoms with Gasteiger partial charge in [0.15, 0.2) is 6.29 Å². The predicted octanol–water partition coefficient (Wildman–Crippen LogP) is 14.0. The first-order chi connectivity index (χ1) is 35.1. The molecule has 0 aliphatic carbocycles. The molecule has 1 aliphatic heterocycles. The monoisotopic (exact) mass is 1030 g/mol. The smallest absolute Gasteiger partial charge is 0.397 e. The Morgan fingerprint density at radius 2 is 0.958 bits per heavy atom. The molecule has 416 valence electrons. The summed E-state index contributed by atoms with van der Waals surface area (Å²) in [7, 11) is -5.08. The van der Waals surface area contributed by atoms with Gasteiger partial charge < -0.3 is 34.3 Å². The lowest BCUT2D eigenvalue weighted by molar-refractivity contribution is -0.301. The first kappa shape index (κ1) is 67.3. The first-order valence-electron chi connectivity index (χ1n) is 28.3. The van der Waals surface area contributed by atoms with Crippen molar-refractivity contribution in [1.82, 2.24) is 0 Å². The number of hydrogen-bond donors (Lipinski definition) is 4. The van der Waals surface area contributed by atoms with Crippen molar-refractivity contribution in [3.05, 3.63) is 85.1 Å². The van der Waals surface area contributed by atoms with Crippen LogP contribution in [0.15, 0.2) is 85.1 Å². The maximum atomic E-state index is 13.0. The van der Waals surface area contributed by atoms with Crippen molar-refractivity contribution in [2.45, 2.75) is 256 Å². The highest BCUT2D eigenvalue weighted by molar-refractivity contribution is 7.80. The van der Waals surface area contributed by atoms with Gasteiger partial charge in [0.1, 0.15) is 30.5 Å². The summed E-state index contributed by atoms with van der Waals surface area (Å²) in [5.41, 5.74) is 0. The number of carbonyl (C=O) groups is 1. The third kappa shape index (κ3) is 41.6. The van der Waals surface area contributed by atoms with Crippen LogP contribution < -0.4 is 0 Å². The Bertz CT molecular complexity index is 1570. The van der Waals surface area contributed by atoms with E-state index in [1.807, 2.05) is 0 Å². The van der Waals surface area contributed by atoms with Crippen LogP contribution >= 0.6 is 0 Å². The predicted molar refractivity (Wildman–Crippen MR) is 294 cm³/mol. The van der Waals surface area contributed by atoms with Gasteiger partial charge in [-0.1, -0.05) is 227 Å². The molecule has 0 aromatic heterocycles. The number of unbranched alkanes of at least 4 members (excludes halogenated alkanes) is 22. The molecule has 1 heterocycles.